The first-order chi connectivity index (χ1) is 14.4. The molecule has 1 aromatic heterocycles. The summed E-state index contributed by atoms with van der Waals surface area (Å²) in [6.07, 6.45) is 0.248. The Labute approximate surface area is 170 Å². The van der Waals surface area contributed by atoms with E-state index in [1.54, 1.807) is 12.1 Å². The Hall–Kier alpha value is -3.95. The average molecular weight is 411 g/mol. The lowest BCUT2D eigenvalue weighted by atomic mass is 10.1. The monoisotopic (exact) mass is 411 g/mol. The van der Waals surface area contributed by atoms with Gasteiger partial charge in [-0.1, -0.05) is 0 Å². The molecule has 154 valence electrons. The highest BCUT2D eigenvalue weighted by Gasteiger charge is 2.37. The van der Waals surface area contributed by atoms with Crippen LogP contribution in [0.4, 0.5) is 4.79 Å². The number of furan rings is 1. The normalized spacial score (nSPS) is 16.5. The zero-order valence-corrected chi connectivity index (χ0v) is 15.9. The average Bonchev–Trinajstić information content (AvgIpc) is 3.45. The quantitative estimate of drug-likeness (QED) is 0.578. The predicted molar refractivity (Wildman–Crippen MR) is 99.3 cm³/mol. The largest absolute Gasteiger partial charge is 0.467 e. The fraction of sp³-hybridized carbons (Fsp3) is 0.250. The van der Waals surface area contributed by atoms with E-state index in [2.05, 4.69) is 5.32 Å². The Morgan fingerprint density at radius 3 is 2.60 bits per heavy atom. The molecule has 2 aromatic rings. The highest BCUT2D eigenvalue weighted by Crippen LogP contribution is 2.26. The summed E-state index contributed by atoms with van der Waals surface area (Å²) in [6.45, 7) is 1.86. The Morgan fingerprint density at radius 2 is 1.93 bits per heavy atom. The summed E-state index contributed by atoms with van der Waals surface area (Å²) in [5.74, 6) is -2.09. The molecule has 1 aromatic carbocycles. The number of carbonyl (C=O) groups excluding carboxylic acids is 5. The van der Waals surface area contributed by atoms with Crippen molar-refractivity contribution in [2.75, 3.05) is 13.1 Å². The third-order valence-electron chi connectivity index (χ3n) is 4.85. The van der Waals surface area contributed by atoms with Crippen LogP contribution in [0.1, 0.15) is 43.8 Å². The summed E-state index contributed by atoms with van der Waals surface area (Å²) in [4.78, 5) is 63.5. The van der Waals surface area contributed by atoms with Crippen LogP contribution in [0.5, 0.6) is 0 Å². The van der Waals surface area contributed by atoms with Gasteiger partial charge in [0, 0.05) is 13.1 Å². The van der Waals surface area contributed by atoms with Crippen LogP contribution in [-0.4, -0.2) is 58.7 Å². The molecule has 2 aliphatic heterocycles. The molecule has 0 saturated carbocycles. The molecule has 0 radical (unpaired) electrons. The van der Waals surface area contributed by atoms with Crippen molar-refractivity contribution in [2.24, 2.45) is 0 Å². The van der Waals surface area contributed by atoms with Gasteiger partial charge in [0.1, 0.15) is 5.76 Å². The van der Waals surface area contributed by atoms with Crippen molar-refractivity contribution in [3.63, 3.8) is 0 Å². The van der Waals surface area contributed by atoms with E-state index in [4.69, 9.17) is 9.15 Å². The maximum absolute atomic E-state index is 12.7. The van der Waals surface area contributed by atoms with Gasteiger partial charge in [-0.3, -0.25) is 24.2 Å². The number of nitrogens with zero attached hydrogens (tertiary/aromatic N) is 2. The number of imide groups is 2. The lowest BCUT2D eigenvalue weighted by Crippen LogP contribution is -2.41. The van der Waals surface area contributed by atoms with Crippen LogP contribution in [-0.2, 0) is 16.1 Å². The Kier molecular flexibility index (Phi) is 4.82. The second kappa shape index (κ2) is 7.47. The molecule has 10 nitrogen and oxygen atoms in total. The molecule has 0 bridgehead atoms. The standard InChI is InChI=1S/C20H17N3O7/c1-11(16(24)22-7-6-21-20(22)28)30-19(27)12-4-5-14-15(9-12)18(26)23(17(14)25)10-13-3-2-8-29-13/h2-5,8-9,11H,6-7,10H2,1H3,(H,21,28)/t11-/m0/s1. The molecule has 3 heterocycles. The number of hydrogen-bond acceptors (Lipinski definition) is 7. The molecule has 0 aliphatic carbocycles. The Morgan fingerprint density at radius 1 is 1.17 bits per heavy atom. The van der Waals surface area contributed by atoms with Crippen molar-refractivity contribution in [2.45, 2.75) is 19.6 Å². The van der Waals surface area contributed by atoms with E-state index < -0.39 is 35.8 Å². The Balaban J connectivity index is 1.48. The maximum Gasteiger partial charge on any atom is 0.338 e. The molecule has 10 heteroatoms. The molecule has 0 spiro atoms. The molecule has 1 atom stereocenters. The van der Waals surface area contributed by atoms with Crippen LogP contribution in [0.15, 0.2) is 41.0 Å². The SMILES string of the molecule is C[C@H](OC(=O)c1ccc2c(c1)C(=O)N(Cc1ccco1)C2=O)C(=O)N1CCNC1=O. The molecule has 1 fully saturated rings. The fourth-order valence-corrected chi connectivity index (χ4v) is 3.30. The highest BCUT2D eigenvalue weighted by atomic mass is 16.5. The number of urea groups is 1. The van der Waals surface area contributed by atoms with Crippen LogP contribution in [0.2, 0.25) is 0 Å². The zero-order valence-electron chi connectivity index (χ0n) is 15.9. The predicted octanol–water partition coefficient (Wildman–Crippen LogP) is 1.17. The number of benzene rings is 1. The number of fused-ring (bicyclic) bond motifs is 1. The number of nitrogens with one attached hydrogen (secondary N) is 1. The second-order valence-corrected chi connectivity index (χ2v) is 6.81. The summed E-state index contributed by atoms with van der Waals surface area (Å²) in [6, 6.07) is 6.74. The van der Waals surface area contributed by atoms with Gasteiger partial charge in [0.25, 0.3) is 17.7 Å². The number of amides is 5. The van der Waals surface area contributed by atoms with Gasteiger partial charge in [0.2, 0.25) is 0 Å². The molecule has 30 heavy (non-hydrogen) atoms. The number of rotatable bonds is 5. The molecule has 1 N–H and O–H groups in total. The van der Waals surface area contributed by atoms with Crippen molar-refractivity contribution in [1.29, 1.82) is 0 Å². The van der Waals surface area contributed by atoms with E-state index in [0.717, 1.165) is 9.80 Å². The van der Waals surface area contributed by atoms with Crippen LogP contribution in [0.25, 0.3) is 0 Å². The molecular weight excluding hydrogens is 394 g/mol. The van der Waals surface area contributed by atoms with Gasteiger partial charge in [-0.15, -0.1) is 0 Å². The van der Waals surface area contributed by atoms with Gasteiger partial charge in [-0.25, -0.2) is 9.59 Å². The lowest BCUT2D eigenvalue weighted by Gasteiger charge is -2.18. The van der Waals surface area contributed by atoms with Crippen LogP contribution in [0.3, 0.4) is 0 Å². The van der Waals surface area contributed by atoms with Crippen molar-refractivity contribution in [1.82, 2.24) is 15.1 Å². The van der Waals surface area contributed by atoms with E-state index in [-0.39, 0.29) is 29.8 Å². The highest BCUT2D eigenvalue weighted by molar-refractivity contribution is 6.21. The first-order valence-corrected chi connectivity index (χ1v) is 9.19. The number of ether oxygens (including phenoxy) is 1. The molecular formula is C20H17N3O7. The van der Waals surface area contributed by atoms with Crippen LogP contribution >= 0.6 is 0 Å². The number of carbonyl (C=O) groups is 5. The van der Waals surface area contributed by atoms with Crippen molar-refractivity contribution in [3.05, 3.63) is 59.0 Å². The fourth-order valence-electron chi connectivity index (χ4n) is 3.30. The summed E-state index contributed by atoms with van der Waals surface area (Å²) in [7, 11) is 0. The number of hydrogen-bond donors (Lipinski definition) is 1. The topological polar surface area (TPSA) is 126 Å². The van der Waals surface area contributed by atoms with Gasteiger partial charge in [0.05, 0.1) is 29.5 Å². The van der Waals surface area contributed by atoms with Crippen molar-refractivity contribution < 1.29 is 33.1 Å². The molecule has 1 saturated heterocycles. The first kappa shape index (κ1) is 19.4. The minimum atomic E-state index is -1.19. The van der Waals surface area contributed by atoms with Gasteiger partial charge in [0.15, 0.2) is 6.10 Å². The van der Waals surface area contributed by atoms with E-state index >= 15 is 0 Å². The molecule has 5 amide bonds. The van der Waals surface area contributed by atoms with E-state index in [1.807, 2.05) is 0 Å². The first-order valence-electron chi connectivity index (χ1n) is 9.19. The molecule has 0 unspecified atom stereocenters. The third-order valence-corrected chi connectivity index (χ3v) is 4.85. The van der Waals surface area contributed by atoms with Crippen LogP contribution < -0.4 is 5.32 Å². The summed E-state index contributed by atoms with van der Waals surface area (Å²) >= 11 is 0. The number of esters is 1. The van der Waals surface area contributed by atoms with Crippen molar-refractivity contribution in [3.8, 4) is 0 Å². The second-order valence-electron chi connectivity index (χ2n) is 6.81. The summed E-state index contributed by atoms with van der Waals surface area (Å²) in [5.41, 5.74) is 0.250. The zero-order chi connectivity index (χ0) is 21.4. The van der Waals surface area contributed by atoms with Gasteiger partial charge in [-0.2, -0.15) is 0 Å². The molecule has 4 rings (SSSR count). The van der Waals surface area contributed by atoms with E-state index in [9.17, 15) is 24.0 Å². The summed E-state index contributed by atoms with van der Waals surface area (Å²) < 4.78 is 10.3. The van der Waals surface area contributed by atoms with Gasteiger partial charge >= 0.3 is 12.0 Å². The van der Waals surface area contributed by atoms with E-state index in [0.29, 0.717) is 12.3 Å². The van der Waals surface area contributed by atoms with Gasteiger partial charge < -0.3 is 14.5 Å². The van der Waals surface area contributed by atoms with E-state index in [1.165, 1.54) is 31.4 Å². The lowest BCUT2D eigenvalue weighted by molar-refractivity contribution is -0.136. The third kappa shape index (κ3) is 3.32. The minimum Gasteiger partial charge on any atom is -0.467 e. The minimum absolute atomic E-state index is 0.0141. The maximum atomic E-state index is 12.7. The van der Waals surface area contributed by atoms with Crippen molar-refractivity contribution >= 4 is 29.7 Å². The smallest absolute Gasteiger partial charge is 0.338 e. The summed E-state index contributed by atoms with van der Waals surface area (Å²) in [5, 5.41) is 2.49. The van der Waals surface area contributed by atoms with Gasteiger partial charge in [-0.05, 0) is 37.3 Å². The Bertz CT molecular complexity index is 1060. The molecule has 2 aliphatic rings. The van der Waals surface area contributed by atoms with Crippen LogP contribution in [0, 0.1) is 0 Å².